The molecule has 0 aliphatic rings. The van der Waals surface area contributed by atoms with Crippen molar-refractivity contribution in [2.24, 2.45) is 5.84 Å². The molecule has 0 saturated carbocycles. The van der Waals surface area contributed by atoms with E-state index in [4.69, 9.17) is 11.6 Å². The second-order valence-electron chi connectivity index (χ2n) is 3.87. The minimum atomic E-state index is -0.198. The minimum absolute atomic E-state index is 0.198. The first-order chi connectivity index (χ1) is 8.22. The van der Waals surface area contributed by atoms with Crippen LogP contribution in [0.25, 0.3) is 0 Å². The van der Waals surface area contributed by atoms with Gasteiger partial charge in [0.05, 0.1) is 6.04 Å². The molecule has 5 N–H and O–H groups in total. The van der Waals surface area contributed by atoms with Gasteiger partial charge in [0, 0.05) is 24.2 Å². The van der Waals surface area contributed by atoms with E-state index in [0.29, 0.717) is 5.82 Å². The Labute approximate surface area is 99.9 Å². The standard InChI is InChI=1S/C12H15N5/c1-8-5-10(12(13)16-6-8)11(17-14)9-3-2-4-15-7-9/h2-7,11,17H,14H2,1H3,(H2,13,16). The summed E-state index contributed by atoms with van der Waals surface area (Å²) in [5, 5.41) is 0. The molecule has 0 saturated heterocycles. The SMILES string of the molecule is Cc1cnc(N)c(C(NN)c2cccnc2)c1. The van der Waals surface area contributed by atoms with E-state index in [1.165, 1.54) is 0 Å². The highest BCUT2D eigenvalue weighted by molar-refractivity contribution is 5.46. The van der Waals surface area contributed by atoms with Gasteiger partial charge in [-0.1, -0.05) is 6.07 Å². The lowest BCUT2D eigenvalue weighted by Crippen LogP contribution is -2.29. The van der Waals surface area contributed by atoms with Gasteiger partial charge in [0.2, 0.25) is 0 Å². The summed E-state index contributed by atoms with van der Waals surface area (Å²) in [4.78, 5) is 8.21. The monoisotopic (exact) mass is 229 g/mol. The number of hydrogen-bond donors (Lipinski definition) is 3. The smallest absolute Gasteiger partial charge is 0.128 e. The normalized spacial score (nSPS) is 12.4. The molecule has 0 radical (unpaired) electrons. The van der Waals surface area contributed by atoms with Crippen LogP contribution in [0.2, 0.25) is 0 Å². The Hall–Kier alpha value is -1.98. The van der Waals surface area contributed by atoms with E-state index >= 15 is 0 Å². The van der Waals surface area contributed by atoms with Crippen LogP contribution in [0.3, 0.4) is 0 Å². The highest BCUT2D eigenvalue weighted by atomic mass is 15.2. The largest absolute Gasteiger partial charge is 0.383 e. The fourth-order valence-corrected chi connectivity index (χ4v) is 1.75. The Morgan fingerprint density at radius 3 is 2.82 bits per heavy atom. The zero-order chi connectivity index (χ0) is 12.3. The molecule has 17 heavy (non-hydrogen) atoms. The number of aryl methyl sites for hydroxylation is 1. The van der Waals surface area contributed by atoms with Gasteiger partial charge < -0.3 is 5.73 Å². The molecule has 0 fully saturated rings. The Bertz CT molecular complexity index is 498. The molecule has 0 aliphatic carbocycles. The van der Waals surface area contributed by atoms with Crippen molar-refractivity contribution in [1.29, 1.82) is 0 Å². The van der Waals surface area contributed by atoms with Crippen LogP contribution >= 0.6 is 0 Å². The van der Waals surface area contributed by atoms with Gasteiger partial charge in [-0.3, -0.25) is 10.8 Å². The Kier molecular flexibility index (Phi) is 3.32. The van der Waals surface area contributed by atoms with Crippen molar-refractivity contribution in [3.8, 4) is 0 Å². The molecule has 0 aliphatic heterocycles. The molecular formula is C12H15N5. The fraction of sp³-hybridized carbons (Fsp3) is 0.167. The fourth-order valence-electron chi connectivity index (χ4n) is 1.75. The van der Waals surface area contributed by atoms with Crippen molar-refractivity contribution in [3.05, 3.63) is 53.5 Å². The number of nitrogens with one attached hydrogen (secondary N) is 1. The molecule has 0 amide bonds. The number of aromatic nitrogens is 2. The molecule has 5 nitrogen and oxygen atoms in total. The average Bonchev–Trinajstić information content (AvgIpc) is 2.36. The van der Waals surface area contributed by atoms with E-state index in [-0.39, 0.29) is 6.04 Å². The van der Waals surface area contributed by atoms with Gasteiger partial charge in [0.25, 0.3) is 0 Å². The summed E-state index contributed by atoms with van der Waals surface area (Å²) in [6.45, 7) is 1.97. The van der Waals surface area contributed by atoms with Crippen molar-refractivity contribution < 1.29 is 0 Å². The maximum atomic E-state index is 5.88. The van der Waals surface area contributed by atoms with Crippen LogP contribution in [0.1, 0.15) is 22.7 Å². The third kappa shape index (κ3) is 2.41. The molecule has 2 heterocycles. The van der Waals surface area contributed by atoms with Crippen molar-refractivity contribution in [2.45, 2.75) is 13.0 Å². The Morgan fingerprint density at radius 1 is 1.35 bits per heavy atom. The van der Waals surface area contributed by atoms with Crippen LogP contribution in [0, 0.1) is 6.92 Å². The quantitative estimate of drug-likeness (QED) is 0.538. The molecule has 2 aromatic rings. The molecule has 2 rings (SSSR count). The summed E-state index contributed by atoms with van der Waals surface area (Å²) >= 11 is 0. The van der Waals surface area contributed by atoms with Crippen LogP contribution in [-0.4, -0.2) is 9.97 Å². The van der Waals surface area contributed by atoms with Crippen LogP contribution in [0.15, 0.2) is 36.8 Å². The van der Waals surface area contributed by atoms with Crippen molar-refractivity contribution in [2.75, 3.05) is 5.73 Å². The van der Waals surface area contributed by atoms with Crippen LogP contribution < -0.4 is 17.0 Å². The number of hydrogen-bond acceptors (Lipinski definition) is 5. The lowest BCUT2D eigenvalue weighted by Gasteiger charge is -2.18. The molecule has 5 heteroatoms. The number of nitrogen functional groups attached to an aromatic ring is 1. The summed E-state index contributed by atoms with van der Waals surface area (Å²) < 4.78 is 0. The van der Waals surface area contributed by atoms with Crippen molar-refractivity contribution in [3.63, 3.8) is 0 Å². The third-order valence-corrected chi connectivity index (χ3v) is 2.58. The Balaban J connectivity index is 2.46. The van der Waals surface area contributed by atoms with Gasteiger partial charge in [-0.2, -0.15) is 0 Å². The van der Waals surface area contributed by atoms with E-state index in [1.54, 1.807) is 18.6 Å². The first kappa shape index (κ1) is 11.5. The number of pyridine rings is 2. The van der Waals surface area contributed by atoms with Crippen molar-refractivity contribution >= 4 is 5.82 Å². The van der Waals surface area contributed by atoms with Gasteiger partial charge in [0.1, 0.15) is 5.82 Å². The van der Waals surface area contributed by atoms with E-state index < -0.39 is 0 Å². The van der Waals surface area contributed by atoms with Crippen molar-refractivity contribution in [1.82, 2.24) is 15.4 Å². The van der Waals surface area contributed by atoms with Gasteiger partial charge >= 0.3 is 0 Å². The molecule has 0 aromatic carbocycles. The second kappa shape index (κ2) is 4.90. The first-order valence-electron chi connectivity index (χ1n) is 5.30. The Morgan fingerprint density at radius 2 is 2.18 bits per heavy atom. The summed E-state index contributed by atoms with van der Waals surface area (Å²) in [5.41, 5.74) is 11.5. The van der Waals surface area contributed by atoms with E-state index in [0.717, 1.165) is 16.7 Å². The molecule has 1 atom stereocenters. The topological polar surface area (TPSA) is 89.8 Å². The lowest BCUT2D eigenvalue weighted by molar-refractivity contribution is 0.634. The van der Waals surface area contributed by atoms with Crippen LogP contribution in [0.4, 0.5) is 5.82 Å². The van der Waals surface area contributed by atoms with Gasteiger partial charge in [0.15, 0.2) is 0 Å². The molecule has 1 unspecified atom stereocenters. The van der Waals surface area contributed by atoms with Crippen LogP contribution in [-0.2, 0) is 0 Å². The molecular weight excluding hydrogens is 214 g/mol. The van der Waals surface area contributed by atoms with E-state index in [1.807, 2.05) is 25.1 Å². The number of nitrogens with zero attached hydrogens (tertiary/aromatic N) is 2. The van der Waals surface area contributed by atoms with E-state index in [9.17, 15) is 0 Å². The predicted molar refractivity (Wildman–Crippen MR) is 66.8 cm³/mol. The summed E-state index contributed by atoms with van der Waals surface area (Å²) in [6.07, 6.45) is 5.21. The number of rotatable bonds is 3. The van der Waals surface area contributed by atoms with Gasteiger partial charge in [-0.05, 0) is 30.2 Å². The number of hydrazine groups is 1. The number of nitrogens with two attached hydrogens (primary N) is 2. The zero-order valence-corrected chi connectivity index (χ0v) is 9.59. The molecule has 0 spiro atoms. The third-order valence-electron chi connectivity index (χ3n) is 2.58. The highest BCUT2D eigenvalue weighted by Gasteiger charge is 2.16. The maximum absolute atomic E-state index is 5.88. The van der Waals surface area contributed by atoms with Crippen LogP contribution in [0.5, 0.6) is 0 Å². The lowest BCUT2D eigenvalue weighted by atomic mass is 10.0. The number of anilines is 1. The minimum Gasteiger partial charge on any atom is -0.383 e. The summed E-state index contributed by atoms with van der Waals surface area (Å²) in [5.74, 6) is 6.07. The van der Waals surface area contributed by atoms with Gasteiger partial charge in [-0.25, -0.2) is 10.4 Å². The molecule has 88 valence electrons. The average molecular weight is 229 g/mol. The first-order valence-corrected chi connectivity index (χ1v) is 5.30. The summed E-state index contributed by atoms with van der Waals surface area (Å²) in [7, 11) is 0. The zero-order valence-electron chi connectivity index (χ0n) is 9.59. The van der Waals surface area contributed by atoms with Gasteiger partial charge in [-0.15, -0.1) is 0 Å². The molecule has 2 aromatic heterocycles. The second-order valence-corrected chi connectivity index (χ2v) is 3.87. The maximum Gasteiger partial charge on any atom is 0.128 e. The highest BCUT2D eigenvalue weighted by Crippen LogP contribution is 2.24. The van der Waals surface area contributed by atoms with E-state index in [2.05, 4.69) is 15.4 Å². The predicted octanol–water partition coefficient (Wildman–Crippen LogP) is 0.920. The summed E-state index contributed by atoms with van der Waals surface area (Å²) in [6, 6.07) is 5.58. The molecule has 0 bridgehead atoms.